The van der Waals surface area contributed by atoms with E-state index in [-0.39, 0.29) is 6.61 Å². The van der Waals surface area contributed by atoms with Gasteiger partial charge in [-0.25, -0.2) is 4.79 Å². The lowest BCUT2D eigenvalue weighted by molar-refractivity contribution is 0.0527. The van der Waals surface area contributed by atoms with Crippen molar-refractivity contribution in [3.8, 4) is 0 Å². The third-order valence-corrected chi connectivity index (χ3v) is 3.97. The predicted molar refractivity (Wildman–Crippen MR) is 78.6 cm³/mol. The highest BCUT2D eigenvalue weighted by atomic mass is 127. The molecule has 1 aromatic carbocycles. The summed E-state index contributed by atoms with van der Waals surface area (Å²) in [5, 5.41) is 0. The van der Waals surface area contributed by atoms with Crippen LogP contribution in [0.25, 0.3) is 0 Å². The smallest absolute Gasteiger partial charge is 0.339 e. The predicted octanol–water partition coefficient (Wildman–Crippen LogP) is 1.94. The zero-order valence-electron chi connectivity index (χ0n) is 8.39. The average molecular weight is 482 g/mol. The van der Waals surface area contributed by atoms with Crippen LogP contribution in [0, 0.1) is 7.14 Å². The van der Waals surface area contributed by atoms with Crippen LogP contribution in [0.2, 0.25) is 0 Å². The second-order valence-electron chi connectivity index (χ2n) is 3.05. The molecule has 0 radical (unpaired) electrons. The molecule has 0 aliphatic rings. The molecule has 0 aliphatic carbocycles. The minimum atomic E-state index is -4.10. The molecule has 0 spiro atoms. The van der Waals surface area contributed by atoms with E-state index in [4.69, 9.17) is 9.29 Å². The van der Waals surface area contributed by atoms with Crippen LogP contribution in [0.5, 0.6) is 0 Å². The fraction of sp³-hybridized carbons (Fsp3) is 0.222. The maximum Gasteiger partial charge on any atom is 0.339 e. The Labute approximate surface area is 126 Å². The molecule has 1 N–H and O–H groups in total. The first-order valence-electron chi connectivity index (χ1n) is 4.37. The summed E-state index contributed by atoms with van der Waals surface area (Å²) in [6.07, 6.45) is 0. The molecule has 94 valence electrons. The number of ether oxygens (including phenoxy) is 1. The van der Waals surface area contributed by atoms with Gasteiger partial charge >= 0.3 is 5.97 Å². The van der Waals surface area contributed by atoms with Gasteiger partial charge < -0.3 is 4.74 Å². The van der Waals surface area contributed by atoms with Gasteiger partial charge in [0.1, 0.15) is 12.4 Å². The summed E-state index contributed by atoms with van der Waals surface area (Å²) in [5.41, 5.74) is 0.376. The van der Waals surface area contributed by atoms with E-state index in [1.165, 1.54) is 0 Å². The van der Waals surface area contributed by atoms with Crippen molar-refractivity contribution in [3.63, 3.8) is 0 Å². The lowest BCUT2D eigenvalue weighted by atomic mass is 10.2. The van der Waals surface area contributed by atoms with Crippen molar-refractivity contribution in [2.45, 2.75) is 0 Å². The standard InChI is InChI=1S/C9H8I2O5S/c10-6-1-2-7(8(11)5-6)9(12)16-3-4-17(13,14)15/h1-2,5H,3-4H2,(H,13,14,15). The van der Waals surface area contributed by atoms with Gasteiger partial charge in [0, 0.05) is 7.14 Å². The van der Waals surface area contributed by atoms with E-state index in [0.29, 0.717) is 5.56 Å². The largest absolute Gasteiger partial charge is 0.461 e. The Morgan fingerprint density at radius 1 is 1.35 bits per heavy atom. The van der Waals surface area contributed by atoms with Crippen molar-refractivity contribution in [2.24, 2.45) is 0 Å². The second-order valence-corrected chi connectivity index (χ2v) is 7.03. The fourth-order valence-corrected chi connectivity index (χ4v) is 3.09. The summed E-state index contributed by atoms with van der Waals surface area (Å²) in [6, 6.07) is 5.17. The van der Waals surface area contributed by atoms with E-state index in [1.807, 2.05) is 22.6 Å². The summed E-state index contributed by atoms with van der Waals surface area (Å²) in [6.45, 7) is -0.361. The van der Waals surface area contributed by atoms with E-state index in [1.54, 1.807) is 18.2 Å². The zero-order valence-corrected chi connectivity index (χ0v) is 13.5. The molecule has 0 heterocycles. The van der Waals surface area contributed by atoms with Crippen LogP contribution in [0.1, 0.15) is 10.4 Å². The molecule has 0 unspecified atom stereocenters. The normalized spacial score (nSPS) is 11.2. The van der Waals surface area contributed by atoms with Gasteiger partial charge in [-0.1, -0.05) is 0 Å². The second kappa shape index (κ2) is 6.29. The number of hydrogen-bond donors (Lipinski definition) is 1. The molecule has 0 bridgehead atoms. The molecule has 0 aliphatic heterocycles. The van der Waals surface area contributed by atoms with E-state index in [0.717, 1.165) is 7.14 Å². The Hall–Kier alpha value is 0.0600. The lowest BCUT2D eigenvalue weighted by Gasteiger charge is -2.05. The molecule has 0 fully saturated rings. The minimum absolute atomic E-state index is 0.361. The maximum atomic E-state index is 11.6. The Morgan fingerprint density at radius 3 is 2.53 bits per heavy atom. The van der Waals surface area contributed by atoms with Gasteiger partial charge in [-0.2, -0.15) is 8.42 Å². The Morgan fingerprint density at radius 2 is 2.00 bits per heavy atom. The van der Waals surface area contributed by atoms with Gasteiger partial charge in [0.05, 0.1) is 5.56 Å². The van der Waals surface area contributed by atoms with Crippen LogP contribution in [-0.2, 0) is 14.9 Å². The molecule has 0 saturated heterocycles. The van der Waals surface area contributed by atoms with Gasteiger partial charge in [0.15, 0.2) is 0 Å². The number of carbonyl (C=O) groups excluding carboxylic acids is 1. The molecular weight excluding hydrogens is 474 g/mol. The number of carbonyl (C=O) groups is 1. The molecule has 1 rings (SSSR count). The van der Waals surface area contributed by atoms with Crippen LogP contribution in [-0.4, -0.2) is 31.3 Å². The summed E-state index contributed by atoms with van der Waals surface area (Å²) >= 11 is 4.11. The van der Waals surface area contributed by atoms with Crippen molar-refractivity contribution in [1.29, 1.82) is 0 Å². The first-order chi connectivity index (χ1) is 7.79. The van der Waals surface area contributed by atoms with E-state index >= 15 is 0 Å². The number of hydrogen-bond acceptors (Lipinski definition) is 4. The van der Waals surface area contributed by atoms with E-state index < -0.39 is 21.8 Å². The summed E-state index contributed by atoms with van der Waals surface area (Å²) in [7, 11) is -4.10. The van der Waals surface area contributed by atoms with Gasteiger partial charge in [-0.3, -0.25) is 4.55 Å². The summed E-state index contributed by atoms with van der Waals surface area (Å²) in [4.78, 5) is 11.6. The molecule has 0 atom stereocenters. The van der Waals surface area contributed by atoms with Crippen molar-refractivity contribution in [1.82, 2.24) is 0 Å². The highest BCUT2D eigenvalue weighted by molar-refractivity contribution is 14.1. The number of esters is 1. The quantitative estimate of drug-likeness (QED) is 0.404. The van der Waals surface area contributed by atoms with Crippen LogP contribution in [0.3, 0.4) is 0 Å². The van der Waals surface area contributed by atoms with Gasteiger partial charge in [-0.05, 0) is 63.4 Å². The maximum absolute atomic E-state index is 11.6. The summed E-state index contributed by atoms with van der Waals surface area (Å²) < 4.78 is 35.8. The van der Waals surface area contributed by atoms with Gasteiger partial charge in [0.25, 0.3) is 10.1 Å². The molecular formula is C9H8I2O5S. The van der Waals surface area contributed by atoms with E-state index in [9.17, 15) is 13.2 Å². The molecule has 17 heavy (non-hydrogen) atoms. The molecule has 1 aromatic rings. The fourth-order valence-electron chi connectivity index (χ4n) is 0.972. The van der Waals surface area contributed by atoms with Crippen molar-refractivity contribution < 1.29 is 22.5 Å². The van der Waals surface area contributed by atoms with Crippen molar-refractivity contribution >= 4 is 61.3 Å². The molecule has 8 heteroatoms. The highest BCUT2D eigenvalue weighted by Gasteiger charge is 2.13. The Bertz CT molecular complexity index is 526. The average Bonchev–Trinajstić information content (AvgIpc) is 2.15. The van der Waals surface area contributed by atoms with Crippen molar-refractivity contribution in [2.75, 3.05) is 12.4 Å². The van der Waals surface area contributed by atoms with Crippen molar-refractivity contribution in [3.05, 3.63) is 30.9 Å². The zero-order chi connectivity index (χ0) is 13.1. The highest BCUT2D eigenvalue weighted by Crippen LogP contribution is 2.16. The van der Waals surface area contributed by atoms with Crippen LogP contribution >= 0.6 is 45.2 Å². The number of rotatable bonds is 4. The van der Waals surface area contributed by atoms with Crippen LogP contribution < -0.4 is 0 Å². The minimum Gasteiger partial charge on any atom is -0.461 e. The molecule has 0 aromatic heterocycles. The monoisotopic (exact) mass is 482 g/mol. The third-order valence-electron chi connectivity index (χ3n) is 1.73. The number of benzene rings is 1. The lowest BCUT2D eigenvalue weighted by Crippen LogP contribution is -2.15. The Kier molecular flexibility index (Phi) is 5.60. The summed E-state index contributed by atoms with van der Waals surface area (Å²) in [5.74, 6) is -1.20. The van der Waals surface area contributed by atoms with Crippen LogP contribution in [0.15, 0.2) is 18.2 Å². The van der Waals surface area contributed by atoms with Crippen LogP contribution in [0.4, 0.5) is 0 Å². The molecule has 0 amide bonds. The van der Waals surface area contributed by atoms with E-state index in [2.05, 4.69) is 22.6 Å². The first-order valence-corrected chi connectivity index (χ1v) is 8.13. The third kappa shape index (κ3) is 5.48. The topological polar surface area (TPSA) is 80.7 Å². The Balaban J connectivity index is 2.65. The molecule has 0 saturated carbocycles. The number of halogens is 2. The van der Waals surface area contributed by atoms with Gasteiger partial charge in [0.2, 0.25) is 0 Å². The SMILES string of the molecule is O=C(OCCS(=O)(=O)O)c1ccc(I)cc1I. The molecule has 5 nitrogen and oxygen atoms in total. The van der Waals surface area contributed by atoms with Gasteiger partial charge in [-0.15, -0.1) is 0 Å². The first kappa shape index (κ1) is 15.1.